The lowest BCUT2D eigenvalue weighted by atomic mass is 10.1. The van der Waals surface area contributed by atoms with Crippen LogP contribution in [0.4, 0.5) is 17.1 Å². The molecule has 2 nitrogen and oxygen atoms in total. The molecule has 33 heavy (non-hydrogen) atoms. The molecule has 0 N–H and O–H groups in total. The Labute approximate surface area is 196 Å². The van der Waals surface area contributed by atoms with Crippen LogP contribution in [0.25, 0.3) is 27.5 Å². The van der Waals surface area contributed by atoms with Crippen molar-refractivity contribution in [1.29, 1.82) is 0 Å². The molecule has 7 rings (SSSR count). The number of para-hydroxylation sites is 4. The normalized spacial score (nSPS) is 12.7. The summed E-state index contributed by atoms with van der Waals surface area (Å²) in [5.41, 5.74) is 7.29. The van der Waals surface area contributed by atoms with Crippen LogP contribution in [0.15, 0.2) is 131 Å². The second kappa shape index (κ2) is 7.29. The molecule has 3 heteroatoms. The average molecular weight is 441 g/mol. The number of rotatable bonds is 2. The number of anilines is 3. The summed E-state index contributed by atoms with van der Waals surface area (Å²) < 4.78 is 2.39. The van der Waals surface area contributed by atoms with Gasteiger partial charge in [-0.2, -0.15) is 0 Å². The molecule has 0 aliphatic carbocycles. The molecule has 0 spiro atoms. The van der Waals surface area contributed by atoms with Gasteiger partial charge in [-0.05, 0) is 54.6 Å². The lowest BCUT2D eigenvalue weighted by Crippen LogP contribution is -2.15. The maximum atomic E-state index is 2.44. The second-order valence-corrected chi connectivity index (χ2v) is 9.32. The number of nitrogens with zero attached hydrogens (tertiary/aromatic N) is 2. The maximum absolute atomic E-state index is 2.44. The van der Waals surface area contributed by atoms with E-state index in [1.54, 1.807) is 0 Å². The number of hydrogen-bond acceptors (Lipinski definition) is 2. The molecule has 1 aliphatic rings. The minimum absolute atomic E-state index is 1.18. The van der Waals surface area contributed by atoms with Crippen LogP contribution in [0.2, 0.25) is 0 Å². The fraction of sp³-hybridized carbons (Fsp3) is 0. The number of hydrogen-bond donors (Lipinski definition) is 0. The Morgan fingerprint density at radius 3 is 1.97 bits per heavy atom. The van der Waals surface area contributed by atoms with Crippen LogP contribution in [-0.2, 0) is 0 Å². The summed E-state index contributed by atoms with van der Waals surface area (Å²) >= 11 is 1.86. The summed E-state index contributed by atoms with van der Waals surface area (Å²) in [7, 11) is 0. The predicted molar refractivity (Wildman–Crippen MR) is 140 cm³/mol. The van der Waals surface area contributed by atoms with Gasteiger partial charge in [0.15, 0.2) is 0 Å². The fourth-order valence-corrected chi connectivity index (χ4v) is 6.07. The zero-order valence-corrected chi connectivity index (χ0v) is 18.7. The summed E-state index contributed by atoms with van der Waals surface area (Å²) in [6.07, 6.45) is 0. The third-order valence-electron chi connectivity index (χ3n) is 6.35. The summed E-state index contributed by atoms with van der Waals surface area (Å²) in [6.45, 7) is 0. The lowest BCUT2D eigenvalue weighted by molar-refractivity contribution is 1.16. The molecule has 0 radical (unpaired) electrons. The van der Waals surface area contributed by atoms with Crippen LogP contribution in [-0.4, -0.2) is 4.57 Å². The predicted octanol–water partition coefficient (Wildman–Crippen LogP) is 8.72. The van der Waals surface area contributed by atoms with E-state index in [1.807, 2.05) is 11.8 Å². The Kier molecular flexibility index (Phi) is 4.11. The van der Waals surface area contributed by atoms with Gasteiger partial charge < -0.3 is 9.47 Å². The molecule has 0 fully saturated rings. The average Bonchev–Trinajstić information content (AvgIpc) is 3.23. The van der Waals surface area contributed by atoms with E-state index in [-0.39, 0.29) is 0 Å². The molecule has 5 aromatic carbocycles. The van der Waals surface area contributed by atoms with Gasteiger partial charge in [0.1, 0.15) is 0 Å². The van der Waals surface area contributed by atoms with Crippen molar-refractivity contribution in [3.05, 3.63) is 121 Å². The number of aromatic nitrogens is 1. The van der Waals surface area contributed by atoms with Crippen molar-refractivity contribution in [2.75, 3.05) is 4.90 Å². The summed E-state index contributed by atoms with van der Waals surface area (Å²) in [6, 6.07) is 43.4. The molecule has 1 aromatic heterocycles. The molecule has 2 heterocycles. The molecular formula is C30H20N2S. The standard InChI is InChI=1S/C30H20N2S/c1-3-11-21(12-4-1)31-24-16-8-7-15-23(24)29-26(31)19-20-28-30(29)32(22-13-5-2-6-14-22)25-17-9-10-18-27(25)33-28/h1-20H. The second-order valence-electron chi connectivity index (χ2n) is 8.24. The van der Waals surface area contributed by atoms with E-state index in [4.69, 9.17) is 0 Å². The highest BCUT2D eigenvalue weighted by molar-refractivity contribution is 7.99. The zero-order valence-electron chi connectivity index (χ0n) is 17.8. The van der Waals surface area contributed by atoms with E-state index in [0.29, 0.717) is 0 Å². The molecule has 0 atom stereocenters. The molecule has 156 valence electrons. The van der Waals surface area contributed by atoms with Crippen LogP contribution in [0, 0.1) is 0 Å². The molecular weight excluding hydrogens is 420 g/mol. The molecule has 0 unspecified atom stereocenters. The monoisotopic (exact) mass is 440 g/mol. The summed E-state index contributed by atoms with van der Waals surface area (Å²) in [4.78, 5) is 4.99. The molecule has 0 amide bonds. The van der Waals surface area contributed by atoms with Crippen molar-refractivity contribution in [3.63, 3.8) is 0 Å². The van der Waals surface area contributed by atoms with E-state index in [1.165, 1.54) is 54.3 Å². The third-order valence-corrected chi connectivity index (χ3v) is 7.47. The first-order chi connectivity index (χ1) is 16.4. The van der Waals surface area contributed by atoms with Crippen molar-refractivity contribution in [2.45, 2.75) is 9.79 Å². The van der Waals surface area contributed by atoms with E-state index in [9.17, 15) is 0 Å². The van der Waals surface area contributed by atoms with Crippen molar-refractivity contribution >= 4 is 50.6 Å². The lowest BCUT2D eigenvalue weighted by Gasteiger charge is -2.33. The van der Waals surface area contributed by atoms with Crippen LogP contribution < -0.4 is 4.90 Å². The first-order valence-corrected chi connectivity index (χ1v) is 12.0. The minimum Gasteiger partial charge on any atom is -0.309 e. The van der Waals surface area contributed by atoms with Gasteiger partial charge in [-0.25, -0.2) is 0 Å². The number of fused-ring (bicyclic) bond motifs is 6. The highest BCUT2D eigenvalue weighted by Crippen LogP contribution is 2.55. The van der Waals surface area contributed by atoms with Crippen LogP contribution in [0.3, 0.4) is 0 Å². The molecule has 0 saturated carbocycles. The first-order valence-electron chi connectivity index (χ1n) is 11.1. The Morgan fingerprint density at radius 1 is 0.485 bits per heavy atom. The van der Waals surface area contributed by atoms with E-state index in [2.05, 4.69) is 131 Å². The van der Waals surface area contributed by atoms with Gasteiger partial charge in [0, 0.05) is 31.9 Å². The Hall–Kier alpha value is -3.95. The van der Waals surface area contributed by atoms with Crippen LogP contribution >= 0.6 is 11.8 Å². The van der Waals surface area contributed by atoms with Gasteiger partial charge in [0.25, 0.3) is 0 Å². The maximum Gasteiger partial charge on any atom is 0.0701 e. The quantitative estimate of drug-likeness (QED) is 0.266. The fourth-order valence-electron chi connectivity index (χ4n) is 5.00. The van der Waals surface area contributed by atoms with Crippen LogP contribution in [0.1, 0.15) is 0 Å². The topological polar surface area (TPSA) is 8.17 Å². The van der Waals surface area contributed by atoms with Crippen LogP contribution in [0.5, 0.6) is 0 Å². The van der Waals surface area contributed by atoms with E-state index < -0.39 is 0 Å². The highest BCUT2D eigenvalue weighted by atomic mass is 32.2. The minimum atomic E-state index is 1.18. The van der Waals surface area contributed by atoms with Crippen molar-refractivity contribution in [2.24, 2.45) is 0 Å². The highest BCUT2D eigenvalue weighted by Gasteiger charge is 2.29. The van der Waals surface area contributed by atoms with Gasteiger partial charge in [-0.3, -0.25) is 0 Å². The van der Waals surface area contributed by atoms with Gasteiger partial charge in [-0.1, -0.05) is 78.5 Å². The van der Waals surface area contributed by atoms with Gasteiger partial charge in [0.2, 0.25) is 0 Å². The summed E-state index contributed by atoms with van der Waals surface area (Å²) in [5, 5.41) is 2.56. The first kappa shape index (κ1) is 18.6. The zero-order chi connectivity index (χ0) is 21.8. The van der Waals surface area contributed by atoms with Gasteiger partial charge >= 0.3 is 0 Å². The third kappa shape index (κ3) is 2.76. The van der Waals surface area contributed by atoms with Crippen molar-refractivity contribution in [1.82, 2.24) is 4.57 Å². The summed E-state index contributed by atoms with van der Waals surface area (Å²) in [5.74, 6) is 0. The Bertz CT molecular complexity index is 1630. The largest absolute Gasteiger partial charge is 0.309 e. The van der Waals surface area contributed by atoms with Crippen molar-refractivity contribution < 1.29 is 0 Å². The number of benzene rings is 5. The van der Waals surface area contributed by atoms with E-state index in [0.717, 1.165) is 0 Å². The molecule has 0 saturated heterocycles. The van der Waals surface area contributed by atoms with Gasteiger partial charge in [-0.15, -0.1) is 0 Å². The molecule has 0 bridgehead atoms. The Morgan fingerprint density at radius 2 is 1.15 bits per heavy atom. The molecule has 6 aromatic rings. The molecule has 1 aliphatic heterocycles. The Balaban J connectivity index is 1.64. The smallest absolute Gasteiger partial charge is 0.0701 e. The SMILES string of the molecule is c1ccc(N2c3ccccc3Sc3ccc4c(c32)c2ccccc2n4-c2ccccc2)cc1. The van der Waals surface area contributed by atoms with Crippen molar-refractivity contribution in [3.8, 4) is 5.69 Å². The van der Waals surface area contributed by atoms with E-state index >= 15 is 0 Å². The van der Waals surface area contributed by atoms with Gasteiger partial charge in [0.05, 0.1) is 22.4 Å².